The molecule has 1 rings (SSSR count). The summed E-state index contributed by atoms with van der Waals surface area (Å²) in [5.41, 5.74) is 5.80. The molecule has 0 aromatic rings. The summed E-state index contributed by atoms with van der Waals surface area (Å²) in [7, 11) is 3.62. The van der Waals surface area contributed by atoms with Crippen molar-refractivity contribution in [3.63, 3.8) is 0 Å². The van der Waals surface area contributed by atoms with E-state index in [-0.39, 0.29) is 11.9 Å². The van der Waals surface area contributed by atoms with Crippen LogP contribution in [-0.2, 0) is 4.79 Å². The minimum atomic E-state index is -0.0453. The fourth-order valence-corrected chi connectivity index (χ4v) is 2.53. The number of carbonyl (C=O) groups is 1. The molecule has 0 aromatic heterocycles. The van der Waals surface area contributed by atoms with Crippen molar-refractivity contribution in [1.29, 1.82) is 0 Å². The Bertz CT molecular complexity index is 242. The molecule has 94 valence electrons. The molecule has 1 aliphatic rings. The molecule has 0 bridgehead atoms. The number of hydrogen-bond donors (Lipinski definition) is 1. The molecule has 0 aliphatic carbocycles. The van der Waals surface area contributed by atoms with Crippen molar-refractivity contribution in [3.05, 3.63) is 0 Å². The van der Waals surface area contributed by atoms with E-state index in [9.17, 15) is 4.79 Å². The minimum Gasteiger partial charge on any atom is -0.347 e. The Kier molecular flexibility index (Phi) is 4.74. The maximum Gasteiger partial charge on any atom is 0.239 e. The number of carbonyl (C=O) groups excluding carboxylic acids is 1. The summed E-state index contributed by atoms with van der Waals surface area (Å²) in [5.74, 6) is 0.902. The first-order valence-electron chi connectivity index (χ1n) is 6.14. The Labute approximate surface area is 98.8 Å². The van der Waals surface area contributed by atoms with E-state index in [1.165, 1.54) is 6.42 Å². The number of piperidine rings is 1. The summed E-state index contributed by atoms with van der Waals surface area (Å²) in [6, 6.07) is 0.318. The number of likely N-dealkylation sites (N-methyl/N-ethyl adjacent to an activating group) is 1. The molecule has 4 nitrogen and oxygen atoms in total. The second kappa shape index (κ2) is 5.64. The van der Waals surface area contributed by atoms with Gasteiger partial charge in [0.25, 0.3) is 0 Å². The average molecular weight is 227 g/mol. The van der Waals surface area contributed by atoms with Crippen LogP contribution < -0.4 is 5.73 Å². The fourth-order valence-electron chi connectivity index (χ4n) is 2.53. The molecule has 16 heavy (non-hydrogen) atoms. The average Bonchev–Trinajstić information content (AvgIpc) is 2.26. The number of likely N-dealkylation sites (tertiary alicyclic amines) is 1. The first-order chi connectivity index (χ1) is 7.47. The van der Waals surface area contributed by atoms with Crippen molar-refractivity contribution < 1.29 is 4.79 Å². The largest absolute Gasteiger partial charge is 0.347 e. The predicted molar refractivity (Wildman–Crippen MR) is 66.1 cm³/mol. The molecule has 0 radical (unpaired) electrons. The van der Waals surface area contributed by atoms with E-state index in [0.29, 0.717) is 12.6 Å². The van der Waals surface area contributed by atoms with Gasteiger partial charge in [0.2, 0.25) is 5.91 Å². The maximum absolute atomic E-state index is 11.9. The summed E-state index contributed by atoms with van der Waals surface area (Å²) in [4.78, 5) is 15.9. The third-order valence-electron chi connectivity index (χ3n) is 3.59. The van der Waals surface area contributed by atoms with Gasteiger partial charge >= 0.3 is 0 Å². The number of rotatable bonds is 3. The molecule has 1 heterocycles. The van der Waals surface area contributed by atoms with Crippen LogP contribution in [0.2, 0.25) is 0 Å². The lowest BCUT2D eigenvalue weighted by molar-refractivity contribution is -0.135. The van der Waals surface area contributed by atoms with Crippen LogP contribution in [0.15, 0.2) is 0 Å². The van der Waals surface area contributed by atoms with E-state index in [0.717, 1.165) is 18.9 Å². The van der Waals surface area contributed by atoms with Crippen LogP contribution in [-0.4, -0.2) is 55.0 Å². The molecule has 1 aliphatic heterocycles. The first kappa shape index (κ1) is 13.5. The highest BCUT2D eigenvalue weighted by Crippen LogP contribution is 2.24. The van der Waals surface area contributed by atoms with Gasteiger partial charge in [0.05, 0.1) is 6.04 Å². The van der Waals surface area contributed by atoms with Crippen LogP contribution in [0, 0.1) is 5.92 Å². The summed E-state index contributed by atoms with van der Waals surface area (Å²) in [6.45, 7) is 5.89. The molecule has 4 heteroatoms. The molecular weight excluding hydrogens is 202 g/mol. The van der Waals surface area contributed by atoms with Crippen molar-refractivity contribution in [2.45, 2.75) is 38.8 Å². The Hall–Kier alpha value is -0.610. The zero-order valence-electron chi connectivity index (χ0n) is 10.9. The zero-order valence-corrected chi connectivity index (χ0v) is 10.9. The molecule has 3 atom stereocenters. The molecule has 0 saturated carbocycles. The van der Waals surface area contributed by atoms with Crippen LogP contribution >= 0.6 is 0 Å². The van der Waals surface area contributed by atoms with Gasteiger partial charge in [0.15, 0.2) is 0 Å². The second-order valence-corrected chi connectivity index (χ2v) is 5.17. The Balaban J connectivity index is 2.66. The highest BCUT2D eigenvalue weighted by atomic mass is 16.2. The lowest BCUT2D eigenvalue weighted by Gasteiger charge is -2.41. The van der Waals surface area contributed by atoms with Crippen LogP contribution in [0.1, 0.15) is 26.7 Å². The summed E-state index contributed by atoms with van der Waals surface area (Å²) in [6.07, 6.45) is 2.28. The van der Waals surface area contributed by atoms with Crippen LogP contribution in [0.4, 0.5) is 0 Å². The predicted octanol–water partition coefficient (Wildman–Crippen LogP) is 0.522. The van der Waals surface area contributed by atoms with Gasteiger partial charge in [-0.05, 0) is 32.2 Å². The van der Waals surface area contributed by atoms with Gasteiger partial charge in [-0.2, -0.15) is 0 Å². The third-order valence-corrected chi connectivity index (χ3v) is 3.59. The zero-order chi connectivity index (χ0) is 12.3. The fraction of sp³-hybridized carbons (Fsp3) is 0.917. The maximum atomic E-state index is 11.9. The number of hydrogen-bond acceptors (Lipinski definition) is 3. The smallest absolute Gasteiger partial charge is 0.239 e. The first-order valence-corrected chi connectivity index (χ1v) is 6.14. The second-order valence-electron chi connectivity index (χ2n) is 5.17. The van der Waals surface area contributed by atoms with E-state index in [1.807, 2.05) is 21.0 Å². The van der Waals surface area contributed by atoms with Crippen molar-refractivity contribution in [2.75, 3.05) is 27.2 Å². The summed E-state index contributed by atoms with van der Waals surface area (Å²) < 4.78 is 0. The van der Waals surface area contributed by atoms with Gasteiger partial charge in [-0.3, -0.25) is 9.69 Å². The van der Waals surface area contributed by atoms with Gasteiger partial charge in [-0.1, -0.05) is 6.92 Å². The molecule has 1 saturated heterocycles. The summed E-state index contributed by atoms with van der Waals surface area (Å²) >= 11 is 0. The van der Waals surface area contributed by atoms with E-state index >= 15 is 0 Å². The van der Waals surface area contributed by atoms with E-state index in [1.54, 1.807) is 4.90 Å². The number of nitrogens with zero attached hydrogens (tertiary/aromatic N) is 2. The molecule has 1 amide bonds. The van der Waals surface area contributed by atoms with Gasteiger partial charge < -0.3 is 10.6 Å². The van der Waals surface area contributed by atoms with Gasteiger partial charge in [-0.15, -0.1) is 0 Å². The van der Waals surface area contributed by atoms with Crippen LogP contribution in [0.25, 0.3) is 0 Å². The standard InChI is InChI=1S/C12H25N3O/c1-9-5-6-15(11(7-9)8-13)10(2)12(16)14(3)4/h9-11H,5-8,13H2,1-4H3. The number of nitrogens with two attached hydrogens (primary N) is 1. The van der Waals surface area contributed by atoms with Crippen molar-refractivity contribution >= 4 is 5.91 Å². The lowest BCUT2D eigenvalue weighted by Crippen LogP contribution is -2.54. The Morgan fingerprint density at radius 1 is 1.56 bits per heavy atom. The van der Waals surface area contributed by atoms with Gasteiger partial charge in [0, 0.05) is 26.7 Å². The Morgan fingerprint density at radius 2 is 2.19 bits per heavy atom. The molecular formula is C12H25N3O. The van der Waals surface area contributed by atoms with E-state index < -0.39 is 0 Å². The minimum absolute atomic E-state index is 0.0453. The lowest BCUT2D eigenvalue weighted by atomic mass is 9.91. The summed E-state index contributed by atoms with van der Waals surface area (Å²) in [5, 5.41) is 0. The topological polar surface area (TPSA) is 49.6 Å². The quantitative estimate of drug-likeness (QED) is 0.765. The van der Waals surface area contributed by atoms with Gasteiger partial charge in [0.1, 0.15) is 0 Å². The van der Waals surface area contributed by atoms with Crippen LogP contribution in [0.5, 0.6) is 0 Å². The van der Waals surface area contributed by atoms with E-state index in [4.69, 9.17) is 5.73 Å². The van der Waals surface area contributed by atoms with Crippen molar-refractivity contribution in [1.82, 2.24) is 9.80 Å². The molecule has 0 spiro atoms. The molecule has 3 unspecified atom stereocenters. The van der Waals surface area contributed by atoms with Crippen molar-refractivity contribution in [3.8, 4) is 0 Å². The van der Waals surface area contributed by atoms with Crippen LogP contribution in [0.3, 0.4) is 0 Å². The highest BCUT2D eigenvalue weighted by molar-refractivity contribution is 5.81. The van der Waals surface area contributed by atoms with E-state index in [2.05, 4.69) is 11.8 Å². The monoisotopic (exact) mass is 227 g/mol. The third kappa shape index (κ3) is 2.95. The Morgan fingerprint density at radius 3 is 2.69 bits per heavy atom. The number of amides is 1. The normalized spacial score (nSPS) is 28.8. The molecule has 0 aromatic carbocycles. The molecule has 1 fully saturated rings. The van der Waals surface area contributed by atoms with Gasteiger partial charge in [-0.25, -0.2) is 0 Å². The van der Waals surface area contributed by atoms with Crippen molar-refractivity contribution in [2.24, 2.45) is 11.7 Å². The highest BCUT2D eigenvalue weighted by Gasteiger charge is 2.32. The SMILES string of the molecule is CC1CCN(C(C)C(=O)N(C)C)C(CN)C1. The molecule has 2 N–H and O–H groups in total.